The molecule has 0 bridgehead atoms. The summed E-state index contributed by atoms with van der Waals surface area (Å²) in [7, 11) is 0. The highest BCUT2D eigenvalue weighted by Crippen LogP contribution is 2.13. The first kappa shape index (κ1) is 13.4. The van der Waals surface area contributed by atoms with E-state index in [0.717, 1.165) is 11.6 Å². The number of hydrogen-bond donors (Lipinski definition) is 1. The Labute approximate surface area is 107 Å². The maximum absolute atomic E-state index is 5.94. The molecule has 1 rings (SSSR count). The average Bonchev–Trinajstić information content (AvgIpc) is 2.15. The fourth-order valence-electron chi connectivity index (χ4n) is 1.49. The average molecular weight is 257 g/mol. The first-order chi connectivity index (χ1) is 7.49. The van der Waals surface area contributed by atoms with Gasteiger partial charge in [-0.3, -0.25) is 4.90 Å². The molecule has 0 atom stereocenters. The van der Waals surface area contributed by atoms with Crippen molar-refractivity contribution in [3.63, 3.8) is 0 Å². The van der Waals surface area contributed by atoms with Crippen molar-refractivity contribution in [3.8, 4) is 0 Å². The van der Waals surface area contributed by atoms with Gasteiger partial charge in [0.1, 0.15) is 0 Å². The van der Waals surface area contributed by atoms with Gasteiger partial charge < -0.3 is 5.73 Å². The zero-order chi connectivity index (χ0) is 12.1. The molecule has 0 aliphatic rings. The van der Waals surface area contributed by atoms with Gasteiger partial charge in [-0.25, -0.2) is 0 Å². The van der Waals surface area contributed by atoms with E-state index >= 15 is 0 Å². The van der Waals surface area contributed by atoms with Crippen LogP contribution in [0.2, 0.25) is 5.02 Å². The summed E-state index contributed by atoms with van der Waals surface area (Å²) < 4.78 is 0. The second-order valence-electron chi connectivity index (χ2n) is 4.09. The van der Waals surface area contributed by atoms with E-state index in [0.29, 0.717) is 17.6 Å². The van der Waals surface area contributed by atoms with Crippen LogP contribution in [0.15, 0.2) is 24.3 Å². The van der Waals surface area contributed by atoms with E-state index in [4.69, 9.17) is 29.6 Å². The minimum absolute atomic E-state index is 0.403. The molecule has 0 aliphatic carbocycles. The van der Waals surface area contributed by atoms with Crippen LogP contribution >= 0.6 is 23.8 Å². The SMILES string of the molecule is CC(C)N(CC(N)=S)Cc1cccc(Cl)c1. The van der Waals surface area contributed by atoms with Crippen LogP contribution in [0.5, 0.6) is 0 Å². The second-order valence-corrected chi connectivity index (χ2v) is 5.06. The smallest absolute Gasteiger partial charge is 0.0870 e. The number of hydrogen-bond acceptors (Lipinski definition) is 2. The molecule has 0 heterocycles. The summed E-state index contributed by atoms with van der Waals surface area (Å²) in [5, 5.41) is 0.761. The first-order valence-electron chi connectivity index (χ1n) is 5.26. The number of halogens is 1. The Kier molecular flexibility index (Phi) is 5.19. The minimum atomic E-state index is 0.403. The Morgan fingerprint density at radius 1 is 1.50 bits per heavy atom. The zero-order valence-electron chi connectivity index (χ0n) is 9.61. The maximum atomic E-state index is 5.94. The molecule has 0 spiro atoms. The summed E-state index contributed by atoms with van der Waals surface area (Å²) in [6.07, 6.45) is 0. The normalized spacial score (nSPS) is 11.1. The molecule has 0 amide bonds. The minimum Gasteiger partial charge on any atom is -0.392 e. The molecule has 2 N–H and O–H groups in total. The lowest BCUT2D eigenvalue weighted by Crippen LogP contribution is -2.37. The van der Waals surface area contributed by atoms with Gasteiger partial charge in [0.15, 0.2) is 0 Å². The first-order valence-corrected chi connectivity index (χ1v) is 6.04. The molecule has 0 aromatic heterocycles. The van der Waals surface area contributed by atoms with Gasteiger partial charge in [0.05, 0.1) is 4.99 Å². The van der Waals surface area contributed by atoms with Crippen LogP contribution in [0.4, 0.5) is 0 Å². The van der Waals surface area contributed by atoms with Crippen molar-refractivity contribution < 1.29 is 0 Å². The molecule has 1 aromatic carbocycles. The molecule has 2 nitrogen and oxygen atoms in total. The Hall–Kier alpha value is -0.640. The topological polar surface area (TPSA) is 29.3 Å². The van der Waals surface area contributed by atoms with Gasteiger partial charge in [-0.1, -0.05) is 36.0 Å². The van der Waals surface area contributed by atoms with Crippen LogP contribution in [0.25, 0.3) is 0 Å². The summed E-state index contributed by atoms with van der Waals surface area (Å²) in [5.41, 5.74) is 6.76. The lowest BCUT2D eigenvalue weighted by Gasteiger charge is -2.25. The molecule has 0 saturated heterocycles. The van der Waals surface area contributed by atoms with Crippen molar-refractivity contribution in [2.24, 2.45) is 5.73 Å². The highest BCUT2D eigenvalue weighted by molar-refractivity contribution is 7.80. The van der Waals surface area contributed by atoms with Gasteiger partial charge in [0.2, 0.25) is 0 Å². The van der Waals surface area contributed by atoms with E-state index in [1.165, 1.54) is 5.56 Å². The summed E-state index contributed by atoms with van der Waals surface area (Å²) in [5.74, 6) is 0. The van der Waals surface area contributed by atoms with E-state index in [2.05, 4.69) is 24.8 Å². The summed E-state index contributed by atoms with van der Waals surface area (Å²) in [6.45, 7) is 5.71. The van der Waals surface area contributed by atoms with Gasteiger partial charge >= 0.3 is 0 Å². The van der Waals surface area contributed by atoms with Crippen LogP contribution in [0, 0.1) is 0 Å². The molecule has 1 aromatic rings. The third-order valence-corrected chi connectivity index (χ3v) is 2.73. The van der Waals surface area contributed by atoms with Gasteiger partial charge in [-0.15, -0.1) is 0 Å². The number of rotatable bonds is 5. The molecule has 0 aliphatic heterocycles. The Morgan fingerprint density at radius 2 is 2.19 bits per heavy atom. The predicted octanol–water partition coefficient (Wildman–Crippen LogP) is 2.84. The standard InChI is InChI=1S/C12H17ClN2S/c1-9(2)15(8-12(14)16)7-10-4-3-5-11(13)6-10/h3-6,9H,7-8H2,1-2H3,(H2,14,16). The van der Waals surface area contributed by atoms with E-state index in [9.17, 15) is 0 Å². The molecule has 0 saturated carbocycles. The Bertz CT molecular complexity index is 366. The number of thiocarbonyl (C=S) groups is 1. The van der Waals surface area contributed by atoms with E-state index in [1.807, 2.05) is 18.2 Å². The monoisotopic (exact) mass is 256 g/mol. The van der Waals surface area contributed by atoms with Crippen molar-refractivity contribution >= 4 is 28.8 Å². The number of nitrogens with zero attached hydrogens (tertiary/aromatic N) is 1. The third-order valence-electron chi connectivity index (χ3n) is 2.36. The molecule has 4 heteroatoms. The van der Waals surface area contributed by atoms with Crippen LogP contribution in [0.1, 0.15) is 19.4 Å². The van der Waals surface area contributed by atoms with E-state index < -0.39 is 0 Å². The summed E-state index contributed by atoms with van der Waals surface area (Å²) in [4.78, 5) is 2.74. The van der Waals surface area contributed by atoms with Crippen molar-refractivity contribution in [1.82, 2.24) is 4.90 Å². The number of nitrogens with two attached hydrogens (primary N) is 1. The predicted molar refractivity (Wildman–Crippen MR) is 73.8 cm³/mol. The highest BCUT2D eigenvalue weighted by atomic mass is 35.5. The maximum Gasteiger partial charge on any atom is 0.0870 e. The molecule has 0 unspecified atom stereocenters. The lowest BCUT2D eigenvalue weighted by atomic mass is 10.2. The van der Waals surface area contributed by atoms with Crippen LogP contribution in [-0.4, -0.2) is 22.5 Å². The van der Waals surface area contributed by atoms with Crippen LogP contribution in [-0.2, 0) is 6.54 Å². The molecule has 0 fully saturated rings. The van der Waals surface area contributed by atoms with Crippen molar-refractivity contribution in [2.45, 2.75) is 26.4 Å². The summed E-state index contributed by atoms with van der Waals surface area (Å²) in [6, 6.07) is 8.26. The lowest BCUT2D eigenvalue weighted by molar-refractivity contribution is 0.245. The zero-order valence-corrected chi connectivity index (χ0v) is 11.2. The quantitative estimate of drug-likeness (QED) is 0.822. The highest BCUT2D eigenvalue weighted by Gasteiger charge is 2.11. The molecule has 16 heavy (non-hydrogen) atoms. The van der Waals surface area contributed by atoms with E-state index in [-0.39, 0.29) is 0 Å². The largest absolute Gasteiger partial charge is 0.392 e. The molecule has 88 valence electrons. The molecule has 0 radical (unpaired) electrons. The van der Waals surface area contributed by atoms with Crippen LogP contribution in [0.3, 0.4) is 0 Å². The Morgan fingerprint density at radius 3 is 2.69 bits per heavy atom. The van der Waals surface area contributed by atoms with Gasteiger partial charge in [-0.2, -0.15) is 0 Å². The molecular formula is C12H17ClN2S. The third kappa shape index (κ3) is 4.47. The van der Waals surface area contributed by atoms with Crippen LogP contribution < -0.4 is 5.73 Å². The van der Waals surface area contributed by atoms with Gasteiger partial charge in [0.25, 0.3) is 0 Å². The second kappa shape index (κ2) is 6.18. The van der Waals surface area contributed by atoms with Crippen molar-refractivity contribution in [3.05, 3.63) is 34.9 Å². The fourth-order valence-corrected chi connectivity index (χ4v) is 1.87. The number of benzene rings is 1. The van der Waals surface area contributed by atoms with E-state index in [1.54, 1.807) is 0 Å². The summed E-state index contributed by atoms with van der Waals surface area (Å²) >= 11 is 10.9. The van der Waals surface area contributed by atoms with Crippen molar-refractivity contribution in [2.75, 3.05) is 6.54 Å². The molecular weight excluding hydrogens is 240 g/mol. The Balaban J connectivity index is 2.71. The fraction of sp³-hybridized carbons (Fsp3) is 0.417. The van der Waals surface area contributed by atoms with Gasteiger partial charge in [0, 0.05) is 24.2 Å². The van der Waals surface area contributed by atoms with Crippen molar-refractivity contribution in [1.29, 1.82) is 0 Å². The van der Waals surface area contributed by atoms with Gasteiger partial charge in [-0.05, 0) is 31.5 Å².